The molecule has 1 amide bonds. The Morgan fingerprint density at radius 1 is 1.11 bits per heavy atom. The smallest absolute Gasteiger partial charge is 0.246 e. The third-order valence-corrected chi connectivity index (χ3v) is 3.82. The lowest BCUT2D eigenvalue weighted by Crippen LogP contribution is -2.38. The van der Waals surface area contributed by atoms with Gasteiger partial charge in [-0.25, -0.2) is 4.99 Å². The van der Waals surface area contributed by atoms with Gasteiger partial charge in [-0.1, -0.05) is 42.3 Å². The first-order valence-corrected chi connectivity index (χ1v) is 9.14. The van der Waals surface area contributed by atoms with Crippen LogP contribution < -0.4 is 16.0 Å². The second-order valence-corrected chi connectivity index (χ2v) is 5.98. The summed E-state index contributed by atoms with van der Waals surface area (Å²) in [7, 11) is 0. The minimum atomic E-state index is -0.189. The number of nitrogens with zero attached hydrogens (tertiary/aromatic N) is 1. The third kappa shape index (κ3) is 8.91. The Morgan fingerprint density at radius 3 is 2.61 bits per heavy atom. The summed E-state index contributed by atoms with van der Waals surface area (Å²) in [5.41, 5.74) is 2.71. The van der Waals surface area contributed by atoms with E-state index in [1.807, 2.05) is 37.3 Å². The van der Waals surface area contributed by atoms with Gasteiger partial charge in [0.1, 0.15) is 6.54 Å². The van der Waals surface area contributed by atoms with Gasteiger partial charge in [-0.15, -0.1) is 30.4 Å². The topological polar surface area (TPSA) is 65.5 Å². The summed E-state index contributed by atoms with van der Waals surface area (Å²) in [5, 5.41) is 9.22. The van der Waals surface area contributed by atoms with Gasteiger partial charge in [-0.05, 0) is 43.5 Å². The van der Waals surface area contributed by atoms with Crippen molar-refractivity contribution < 1.29 is 4.79 Å². The average molecular weight is 490 g/mol. The quantitative estimate of drug-likeness (QED) is 0.175. The summed E-state index contributed by atoms with van der Waals surface area (Å²) in [5.74, 6) is 3.00. The van der Waals surface area contributed by atoms with Gasteiger partial charge in [0.05, 0.1) is 0 Å². The first kappa shape index (κ1) is 23.5. The largest absolute Gasteiger partial charge is 0.357 e. The fourth-order valence-corrected chi connectivity index (χ4v) is 2.52. The number of aliphatic imine (C=N–C) groups is 1. The van der Waals surface area contributed by atoms with E-state index in [4.69, 9.17) is 6.42 Å². The number of hydrogen-bond donors (Lipinski definition) is 3. The molecule has 0 aliphatic heterocycles. The molecule has 28 heavy (non-hydrogen) atoms. The van der Waals surface area contributed by atoms with E-state index in [1.165, 1.54) is 5.56 Å². The van der Waals surface area contributed by atoms with Crippen molar-refractivity contribution in [3.63, 3.8) is 0 Å². The van der Waals surface area contributed by atoms with E-state index in [9.17, 15) is 4.79 Å². The van der Waals surface area contributed by atoms with Crippen molar-refractivity contribution in [2.45, 2.75) is 19.8 Å². The molecule has 3 N–H and O–H groups in total. The molecule has 2 rings (SSSR count). The summed E-state index contributed by atoms with van der Waals surface area (Å²) in [6, 6.07) is 17.6. The maximum absolute atomic E-state index is 12.1. The highest BCUT2D eigenvalue weighted by molar-refractivity contribution is 14.0. The third-order valence-electron chi connectivity index (χ3n) is 3.82. The van der Waals surface area contributed by atoms with Crippen LogP contribution in [0.3, 0.4) is 0 Å². The summed E-state index contributed by atoms with van der Waals surface area (Å²) in [4.78, 5) is 16.4. The first-order chi connectivity index (χ1) is 13.2. The number of halogens is 1. The van der Waals surface area contributed by atoms with E-state index in [2.05, 4.69) is 39.0 Å². The molecular formula is C22H27IN4O. The Kier molecular flexibility index (Phi) is 11.4. The number of benzene rings is 2. The lowest BCUT2D eigenvalue weighted by atomic mass is 10.1. The zero-order chi connectivity index (χ0) is 19.3. The van der Waals surface area contributed by atoms with Crippen LogP contribution >= 0.6 is 24.0 Å². The van der Waals surface area contributed by atoms with Gasteiger partial charge < -0.3 is 16.0 Å². The normalized spacial score (nSPS) is 10.4. The second-order valence-electron chi connectivity index (χ2n) is 5.98. The highest BCUT2D eigenvalue weighted by Gasteiger charge is 2.04. The second kappa shape index (κ2) is 13.6. The Bertz CT molecular complexity index is 800. The molecule has 148 valence electrons. The Morgan fingerprint density at radius 2 is 1.89 bits per heavy atom. The molecule has 0 saturated carbocycles. The monoisotopic (exact) mass is 490 g/mol. The number of carbonyl (C=O) groups is 1. The zero-order valence-corrected chi connectivity index (χ0v) is 18.4. The van der Waals surface area contributed by atoms with Crippen molar-refractivity contribution in [1.82, 2.24) is 10.6 Å². The fourth-order valence-electron chi connectivity index (χ4n) is 2.52. The molecule has 0 fully saturated rings. The molecule has 6 heteroatoms. The number of guanidine groups is 1. The molecule has 0 aromatic heterocycles. The van der Waals surface area contributed by atoms with Crippen LogP contribution in [0.2, 0.25) is 0 Å². The highest BCUT2D eigenvalue weighted by Crippen LogP contribution is 2.09. The number of anilines is 1. The number of aryl methyl sites for hydroxylation is 1. The maximum Gasteiger partial charge on any atom is 0.246 e. The number of amides is 1. The van der Waals surface area contributed by atoms with Gasteiger partial charge in [-0.3, -0.25) is 4.79 Å². The van der Waals surface area contributed by atoms with E-state index < -0.39 is 0 Å². The predicted octanol–water partition coefficient (Wildman–Crippen LogP) is 3.41. The Balaban J connectivity index is 0.00000392. The molecular weight excluding hydrogens is 463 g/mol. The van der Waals surface area contributed by atoms with Gasteiger partial charge in [0, 0.05) is 24.3 Å². The van der Waals surface area contributed by atoms with Crippen molar-refractivity contribution in [2.24, 2.45) is 4.99 Å². The van der Waals surface area contributed by atoms with Crippen molar-refractivity contribution in [3.8, 4) is 12.3 Å². The minimum Gasteiger partial charge on any atom is -0.357 e. The molecule has 2 aromatic carbocycles. The Labute approximate surface area is 184 Å². The van der Waals surface area contributed by atoms with Crippen LogP contribution in [0, 0.1) is 12.3 Å². The number of carbonyl (C=O) groups excluding carboxylic acids is 1. The van der Waals surface area contributed by atoms with E-state index in [0.717, 1.165) is 31.5 Å². The van der Waals surface area contributed by atoms with Crippen molar-refractivity contribution in [2.75, 3.05) is 25.0 Å². The zero-order valence-electron chi connectivity index (χ0n) is 16.1. The highest BCUT2D eigenvalue weighted by atomic mass is 127. The van der Waals surface area contributed by atoms with Crippen LogP contribution in [0.25, 0.3) is 0 Å². The SMILES string of the molecule is C#Cc1cccc(NC(=O)CN=C(NCC)NCCCc2ccccc2)c1.I. The number of nitrogens with one attached hydrogen (secondary N) is 3. The fraction of sp³-hybridized carbons (Fsp3) is 0.273. The standard InChI is InChI=1S/C22H26N4O.HI/c1-3-18-12-8-14-20(16-18)26-21(27)17-25-22(23-4-2)24-15-9-13-19-10-6-5-7-11-19;/h1,5-8,10-12,14,16H,4,9,13,15,17H2,2H3,(H,26,27)(H2,23,24,25);1H. The van der Waals surface area contributed by atoms with Gasteiger partial charge in [-0.2, -0.15) is 0 Å². The van der Waals surface area contributed by atoms with Crippen molar-refractivity contribution in [3.05, 3.63) is 65.7 Å². The van der Waals surface area contributed by atoms with E-state index >= 15 is 0 Å². The molecule has 0 spiro atoms. The average Bonchev–Trinajstić information content (AvgIpc) is 2.70. The van der Waals surface area contributed by atoms with E-state index in [1.54, 1.807) is 12.1 Å². The molecule has 0 unspecified atom stereocenters. The van der Waals surface area contributed by atoms with Gasteiger partial charge in [0.15, 0.2) is 5.96 Å². The van der Waals surface area contributed by atoms with Crippen LogP contribution in [0.4, 0.5) is 5.69 Å². The van der Waals surface area contributed by atoms with Crippen molar-refractivity contribution in [1.29, 1.82) is 0 Å². The van der Waals surface area contributed by atoms with E-state index in [0.29, 0.717) is 11.6 Å². The minimum absolute atomic E-state index is 0. The summed E-state index contributed by atoms with van der Waals surface area (Å²) >= 11 is 0. The predicted molar refractivity (Wildman–Crippen MR) is 127 cm³/mol. The lowest BCUT2D eigenvalue weighted by molar-refractivity contribution is -0.114. The number of hydrogen-bond acceptors (Lipinski definition) is 2. The van der Waals surface area contributed by atoms with Gasteiger partial charge in [0.2, 0.25) is 5.91 Å². The van der Waals surface area contributed by atoms with Gasteiger partial charge in [0.25, 0.3) is 0 Å². The van der Waals surface area contributed by atoms with Crippen molar-refractivity contribution >= 4 is 41.5 Å². The molecule has 0 saturated heterocycles. The first-order valence-electron chi connectivity index (χ1n) is 9.14. The maximum atomic E-state index is 12.1. The lowest BCUT2D eigenvalue weighted by Gasteiger charge is -2.11. The molecule has 0 aliphatic rings. The molecule has 0 heterocycles. The summed E-state index contributed by atoms with van der Waals surface area (Å²) in [6.45, 7) is 3.55. The van der Waals surface area contributed by atoms with Crippen LogP contribution in [0.5, 0.6) is 0 Å². The molecule has 5 nitrogen and oxygen atoms in total. The molecule has 0 bridgehead atoms. The summed E-state index contributed by atoms with van der Waals surface area (Å²) in [6.07, 6.45) is 7.36. The van der Waals surface area contributed by atoms with Crippen LogP contribution in [0.1, 0.15) is 24.5 Å². The van der Waals surface area contributed by atoms with Crippen LogP contribution in [0.15, 0.2) is 59.6 Å². The molecule has 0 radical (unpaired) electrons. The molecule has 0 atom stereocenters. The summed E-state index contributed by atoms with van der Waals surface area (Å²) < 4.78 is 0. The number of terminal acetylenes is 1. The van der Waals surface area contributed by atoms with Crippen LogP contribution in [-0.2, 0) is 11.2 Å². The molecule has 2 aromatic rings. The Hall–Kier alpha value is -2.53. The number of rotatable bonds is 8. The van der Waals surface area contributed by atoms with E-state index in [-0.39, 0.29) is 36.4 Å². The van der Waals surface area contributed by atoms with Gasteiger partial charge >= 0.3 is 0 Å². The molecule has 0 aliphatic carbocycles. The van der Waals surface area contributed by atoms with Crippen LogP contribution in [-0.4, -0.2) is 31.5 Å².